The molecule has 4 rings (SSSR count). The van der Waals surface area contributed by atoms with Gasteiger partial charge in [0.25, 0.3) is 5.91 Å². The second-order valence-electron chi connectivity index (χ2n) is 8.00. The molecule has 33 heavy (non-hydrogen) atoms. The highest BCUT2D eigenvalue weighted by atomic mass is 35.5. The Morgan fingerprint density at radius 1 is 0.970 bits per heavy atom. The largest absolute Gasteiger partial charge is 0.377 e. The van der Waals surface area contributed by atoms with Gasteiger partial charge in [-0.3, -0.25) is 19.3 Å². The average molecular weight is 462 g/mol. The van der Waals surface area contributed by atoms with Gasteiger partial charge in [-0.2, -0.15) is 0 Å². The Bertz CT molecular complexity index is 1160. The minimum atomic E-state index is -0.274. The van der Waals surface area contributed by atoms with E-state index in [-0.39, 0.29) is 43.1 Å². The standard InChI is InChI=1S/C26H24ClN3O3/c1-17(19-5-3-2-4-6-19)28-23-12-11-21(15-22(23)27)29-26(33)20-9-7-18(8-10-20)16-30-24(31)13-14-25(30)32/h2-12,15,17,28H,13-14,16H2,1H3,(H,29,33). The minimum Gasteiger partial charge on any atom is -0.377 e. The highest BCUT2D eigenvalue weighted by molar-refractivity contribution is 6.33. The zero-order chi connectivity index (χ0) is 23.4. The van der Waals surface area contributed by atoms with E-state index in [0.29, 0.717) is 16.3 Å². The van der Waals surface area contributed by atoms with E-state index in [1.165, 1.54) is 4.90 Å². The van der Waals surface area contributed by atoms with Crippen LogP contribution in [0.3, 0.4) is 0 Å². The van der Waals surface area contributed by atoms with E-state index < -0.39 is 0 Å². The van der Waals surface area contributed by atoms with Crippen molar-refractivity contribution in [2.45, 2.75) is 32.4 Å². The number of imide groups is 1. The molecule has 7 heteroatoms. The normalized spacial score (nSPS) is 14.3. The number of carbonyl (C=O) groups is 3. The minimum absolute atomic E-state index is 0.0776. The Balaban J connectivity index is 1.37. The van der Waals surface area contributed by atoms with Gasteiger partial charge in [0.1, 0.15) is 0 Å². The number of likely N-dealkylation sites (tertiary alicyclic amines) is 1. The lowest BCUT2D eigenvalue weighted by atomic mass is 10.1. The third-order valence-electron chi connectivity index (χ3n) is 5.61. The maximum absolute atomic E-state index is 12.6. The van der Waals surface area contributed by atoms with Gasteiger partial charge in [-0.25, -0.2) is 0 Å². The molecule has 1 fully saturated rings. The van der Waals surface area contributed by atoms with Crippen LogP contribution in [0, 0.1) is 0 Å². The fourth-order valence-electron chi connectivity index (χ4n) is 3.71. The van der Waals surface area contributed by atoms with Crippen LogP contribution < -0.4 is 10.6 Å². The van der Waals surface area contributed by atoms with E-state index in [9.17, 15) is 14.4 Å². The van der Waals surface area contributed by atoms with E-state index in [1.807, 2.05) is 36.4 Å². The molecule has 168 valence electrons. The number of benzene rings is 3. The van der Waals surface area contributed by atoms with Crippen molar-refractivity contribution in [2.24, 2.45) is 0 Å². The molecule has 0 radical (unpaired) electrons. The van der Waals surface area contributed by atoms with Crippen LogP contribution in [0.5, 0.6) is 0 Å². The third-order valence-corrected chi connectivity index (χ3v) is 5.92. The topological polar surface area (TPSA) is 78.5 Å². The van der Waals surface area contributed by atoms with Gasteiger partial charge in [0.15, 0.2) is 0 Å². The monoisotopic (exact) mass is 461 g/mol. The van der Waals surface area contributed by atoms with Crippen LogP contribution in [0.15, 0.2) is 72.8 Å². The molecule has 6 nitrogen and oxygen atoms in total. The Labute approximate surface area is 197 Å². The fraction of sp³-hybridized carbons (Fsp3) is 0.192. The summed E-state index contributed by atoms with van der Waals surface area (Å²) in [5.74, 6) is -0.589. The number of nitrogens with one attached hydrogen (secondary N) is 2. The van der Waals surface area contributed by atoms with Crippen molar-refractivity contribution in [2.75, 3.05) is 10.6 Å². The summed E-state index contributed by atoms with van der Waals surface area (Å²) in [4.78, 5) is 37.5. The van der Waals surface area contributed by atoms with Crippen LogP contribution in [0.2, 0.25) is 5.02 Å². The van der Waals surface area contributed by atoms with Crippen LogP contribution in [0.25, 0.3) is 0 Å². The molecule has 0 aliphatic carbocycles. The first kappa shape index (κ1) is 22.6. The Morgan fingerprint density at radius 3 is 2.27 bits per heavy atom. The van der Waals surface area contributed by atoms with Crippen LogP contribution in [0.4, 0.5) is 11.4 Å². The van der Waals surface area contributed by atoms with Crippen LogP contribution in [0.1, 0.15) is 47.3 Å². The van der Waals surface area contributed by atoms with E-state index in [1.54, 1.807) is 36.4 Å². The maximum Gasteiger partial charge on any atom is 0.255 e. The highest BCUT2D eigenvalue weighted by Crippen LogP contribution is 2.29. The molecule has 1 unspecified atom stereocenters. The number of amides is 3. The summed E-state index contributed by atoms with van der Waals surface area (Å²) >= 11 is 6.44. The molecule has 3 aromatic rings. The average Bonchev–Trinajstić information content (AvgIpc) is 3.14. The number of halogens is 1. The second kappa shape index (κ2) is 9.88. The third kappa shape index (κ3) is 5.41. The van der Waals surface area contributed by atoms with Crippen LogP contribution >= 0.6 is 11.6 Å². The number of rotatable bonds is 7. The first-order valence-electron chi connectivity index (χ1n) is 10.8. The molecular formula is C26H24ClN3O3. The van der Waals surface area contributed by atoms with Gasteiger partial charge in [0, 0.05) is 30.1 Å². The summed E-state index contributed by atoms with van der Waals surface area (Å²) in [6.07, 6.45) is 0.530. The lowest BCUT2D eigenvalue weighted by molar-refractivity contribution is -0.139. The summed E-state index contributed by atoms with van der Waals surface area (Å²) in [5.41, 5.74) is 3.77. The summed E-state index contributed by atoms with van der Waals surface area (Å²) in [6.45, 7) is 2.28. The van der Waals surface area contributed by atoms with Gasteiger partial charge in [-0.1, -0.05) is 54.1 Å². The Hall–Kier alpha value is -3.64. The molecule has 2 N–H and O–H groups in total. The summed E-state index contributed by atoms with van der Waals surface area (Å²) in [7, 11) is 0. The zero-order valence-corrected chi connectivity index (χ0v) is 18.9. The zero-order valence-electron chi connectivity index (χ0n) is 18.2. The first-order valence-corrected chi connectivity index (χ1v) is 11.1. The van der Waals surface area contributed by atoms with Crippen molar-refractivity contribution in [1.82, 2.24) is 4.90 Å². The Kier molecular flexibility index (Phi) is 6.75. The molecule has 0 aromatic heterocycles. The van der Waals surface area contributed by atoms with Gasteiger partial charge in [-0.05, 0) is 48.4 Å². The lowest BCUT2D eigenvalue weighted by Crippen LogP contribution is -2.28. The molecule has 3 amide bonds. The Morgan fingerprint density at radius 2 is 1.64 bits per heavy atom. The smallest absolute Gasteiger partial charge is 0.255 e. The van der Waals surface area contributed by atoms with Crippen molar-refractivity contribution in [3.63, 3.8) is 0 Å². The molecule has 1 atom stereocenters. The van der Waals surface area contributed by atoms with Crippen molar-refractivity contribution in [3.8, 4) is 0 Å². The molecule has 1 saturated heterocycles. The van der Waals surface area contributed by atoms with Crippen molar-refractivity contribution < 1.29 is 14.4 Å². The fourth-order valence-corrected chi connectivity index (χ4v) is 3.95. The molecule has 0 saturated carbocycles. The van der Waals surface area contributed by atoms with Crippen molar-refractivity contribution in [1.29, 1.82) is 0 Å². The molecule has 1 aliphatic rings. The van der Waals surface area contributed by atoms with Gasteiger partial charge in [0.05, 0.1) is 17.3 Å². The number of hydrogen-bond acceptors (Lipinski definition) is 4. The molecule has 0 bridgehead atoms. The SMILES string of the molecule is CC(Nc1ccc(NC(=O)c2ccc(CN3C(=O)CCC3=O)cc2)cc1Cl)c1ccccc1. The molecule has 1 heterocycles. The number of nitrogens with zero attached hydrogens (tertiary/aromatic N) is 1. The predicted molar refractivity (Wildman–Crippen MR) is 129 cm³/mol. The van der Waals surface area contributed by atoms with E-state index in [0.717, 1.165) is 16.8 Å². The maximum atomic E-state index is 12.6. The summed E-state index contributed by atoms with van der Waals surface area (Å²) < 4.78 is 0. The number of hydrogen-bond donors (Lipinski definition) is 2. The van der Waals surface area contributed by atoms with E-state index in [4.69, 9.17) is 11.6 Å². The van der Waals surface area contributed by atoms with Crippen LogP contribution in [-0.4, -0.2) is 22.6 Å². The van der Waals surface area contributed by atoms with Gasteiger partial charge in [-0.15, -0.1) is 0 Å². The van der Waals surface area contributed by atoms with E-state index >= 15 is 0 Å². The number of anilines is 2. The van der Waals surface area contributed by atoms with Gasteiger partial charge < -0.3 is 10.6 Å². The molecule has 1 aliphatic heterocycles. The second-order valence-corrected chi connectivity index (χ2v) is 8.40. The van der Waals surface area contributed by atoms with Gasteiger partial charge >= 0.3 is 0 Å². The van der Waals surface area contributed by atoms with E-state index in [2.05, 4.69) is 17.6 Å². The van der Waals surface area contributed by atoms with Crippen LogP contribution in [-0.2, 0) is 16.1 Å². The molecule has 0 spiro atoms. The number of carbonyl (C=O) groups excluding carboxylic acids is 3. The molecular weight excluding hydrogens is 438 g/mol. The molecule has 3 aromatic carbocycles. The lowest BCUT2D eigenvalue weighted by Gasteiger charge is -2.17. The van der Waals surface area contributed by atoms with Crippen molar-refractivity contribution >= 4 is 40.7 Å². The summed E-state index contributed by atoms with van der Waals surface area (Å²) in [5, 5.41) is 6.74. The highest BCUT2D eigenvalue weighted by Gasteiger charge is 2.28. The van der Waals surface area contributed by atoms with Gasteiger partial charge in [0.2, 0.25) is 11.8 Å². The predicted octanol–water partition coefficient (Wildman–Crippen LogP) is 5.41. The summed E-state index contributed by atoms with van der Waals surface area (Å²) in [6, 6.07) is 22.3. The first-order chi connectivity index (χ1) is 15.9. The quantitative estimate of drug-likeness (QED) is 0.461. The van der Waals surface area contributed by atoms with Crippen molar-refractivity contribution in [3.05, 3.63) is 94.5 Å².